The summed E-state index contributed by atoms with van der Waals surface area (Å²) in [4.78, 5) is 22.5. The van der Waals surface area contributed by atoms with Crippen LogP contribution < -0.4 is 5.32 Å². The zero-order chi connectivity index (χ0) is 13.0. The van der Waals surface area contributed by atoms with Gasteiger partial charge in [-0.3, -0.25) is 14.7 Å². The van der Waals surface area contributed by atoms with Crippen molar-refractivity contribution in [3.63, 3.8) is 0 Å². The highest BCUT2D eigenvalue weighted by Crippen LogP contribution is 2.24. The Morgan fingerprint density at radius 3 is 2.67 bits per heavy atom. The van der Waals surface area contributed by atoms with E-state index in [0.29, 0.717) is 19.3 Å². The van der Waals surface area contributed by atoms with E-state index in [9.17, 15) is 9.59 Å². The third-order valence-electron chi connectivity index (χ3n) is 3.35. The SMILES string of the molecule is O=C(Cc1ccn[nH]1)NC1CCC(C(=O)O)CC1. The molecule has 1 heterocycles. The molecule has 0 radical (unpaired) electrons. The summed E-state index contributed by atoms with van der Waals surface area (Å²) < 4.78 is 0. The van der Waals surface area contributed by atoms with Gasteiger partial charge in [0.05, 0.1) is 12.3 Å². The molecule has 6 nitrogen and oxygen atoms in total. The molecular formula is C12H17N3O3. The van der Waals surface area contributed by atoms with Gasteiger partial charge in [-0.2, -0.15) is 5.10 Å². The molecule has 1 fully saturated rings. The minimum absolute atomic E-state index is 0.0435. The summed E-state index contributed by atoms with van der Waals surface area (Å²) in [6.07, 6.45) is 4.67. The first-order chi connectivity index (χ1) is 8.65. The lowest BCUT2D eigenvalue weighted by atomic mass is 9.86. The maximum Gasteiger partial charge on any atom is 0.306 e. The van der Waals surface area contributed by atoms with Crippen LogP contribution in [0.25, 0.3) is 0 Å². The molecule has 1 aromatic rings. The molecule has 98 valence electrons. The normalized spacial score (nSPS) is 23.6. The number of amides is 1. The molecule has 0 unspecified atom stereocenters. The van der Waals surface area contributed by atoms with E-state index < -0.39 is 5.97 Å². The minimum atomic E-state index is -0.725. The van der Waals surface area contributed by atoms with Crippen LogP contribution in [0, 0.1) is 5.92 Å². The molecule has 1 aliphatic carbocycles. The third kappa shape index (κ3) is 3.32. The van der Waals surface area contributed by atoms with Crippen LogP contribution >= 0.6 is 0 Å². The number of H-pyrrole nitrogens is 1. The van der Waals surface area contributed by atoms with E-state index in [-0.39, 0.29) is 17.9 Å². The summed E-state index contributed by atoms with van der Waals surface area (Å²) >= 11 is 0. The van der Waals surface area contributed by atoms with Crippen LogP contribution in [0.3, 0.4) is 0 Å². The monoisotopic (exact) mass is 251 g/mol. The van der Waals surface area contributed by atoms with E-state index in [2.05, 4.69) is 15.5 Å². The van der Waals surface area contributed by atoms with Crippen molar-refractivity contribution < 1.29 is 14.7 Å². The highest BCUT2D eigenvalue weighted by molar-refractivity contribution is 5.78. The van der Waals surface area contributed by atoms with E-state index in [1.807, 2.05) is 0 Å². The molecule has 3 N–H and O–H groups in total. The van der Waals surface area contributed by atoms with E-state index in [1.165, 1.54) is 0 Å². The minimum Gasteiger partial charge on any atom is -0.481 e. The van der Waals surface area contributed by atoms with Gasteiger partial charge in [0.2, 0.25) is 5.91 Å². The average molecular weight is 251 g/mol. The standard InChI is InChI=1S/C12H17N3O3/c16-11(7-10-5-6-13-15-10)14-9-3-1-8(2-4-9)12(17)18/h5-6,8-9H,1-4,7H2,(H,13,15)(H,14,16)(H,17,18). The van der Waals surface area contributed by atoms with Crippen LogP contribution in [0.4, 0.5) is 0 Å². The van der Waals surface area contributed by atoms with Gasteiger partial charge in [-0.05, 0) is 31.7 Å². The Balaban J connectivity index is 1.74. The second-order valence-electron chi connectivity index (χ2n) is 4.71. The van der Waals surface area contributed by atoms with Crippen LogP contribution in [0.1, 0.15) is 31.4 Å². The largest absolute Gasteiger partial charge is 0.481 e. The highest BCUT2D eigenvalue weighted by Gasteiger charge is 2.26. The van der Waals surface area contributed by atoms with Crippen molar-refractivity contribution >= 4 is 11.9 Å². The predicted octanol–water partition coefficient (Wildman–Crippen LogP) is 0.712. The van der Waals surface area contributed by atoms with Crippen LogP contribution in [-0.2, 0) is 16.0 Å². The fraction of sp³-hybridized carbons (Fsp3) is 0.583. The van der Waals surface area contributed by atoms with Crippen molar-refractivity contribution in [2.24, 2.45) is 5.92 Å². The van der Waals surface area contributed by atoms with Gasteiger partial charge in [-0.15, -0.1) is 0 Å². The van der Waals surface area contributed by atoms with Gasteiger partial charge in [-0.1, -0.05) is 0 Å². The van der Waals surface area contributed by atoms with Crippen LogP contribution in [0.5, 0.6) is 0 Å². The first-order valence-electron chi connectivity index (χ1n) is 6.15. The molecule has 0 saturated heterocycles. The van der Waals surface area contributed by atoms with Gasteiger partial charge in [0.15, 0.2) is 0 Å². The van der Waals surface area contributed by atoms with Gasteiger partial charge >= 0.3 is 5.97 Å². The molecule has 1 aromatic heterocycles. The predicted molar refractivity (Wildman–Crippen MR) is 63.8 cm³/mol. The van der Waals surface area contributed by atoms with E-state index in [0.717, 1.165) is 18.5 Å². The lowest BCUT2D eigenvalue weighted by Gasteiger charge is -2.26. The van der Waals surface area contributed by atoms with Gasteiger partial charge in [-0.25, -0.2) is 0 Å². The number of aromatic amines is 1. The van der Waals surface area contributed by atoms with Crippen molar-refractivity contribution in [1.29, 1.82) is 0 Å². The molecule has 0 aliphatic heterocycles. The number of carboxylic acids is 1. The molecule has 2 rings (SSSR count). The second-order valence-corrected chi connectivity index (χ2v) is 4.71. The van der Waals surface area contributed by atoms with Gasteiger partial charge in [0, 0.05) is 17.9 Å². The Morgan fingerprint density at radius 1 is 1.39 bits per heavy atom. The fourth-order valence-corrected chi connectivity index (χ4v) is 2.32. The number of carboxylic acid groups (broad SMARTS) is 1. The van der Waals surface area contributed by atoms with Gasteiger partial charge in [0.25, 0.3) is 0 Å². The molecule has 0 atom stereocenters. The van der Waals surface area contributed by atoms with Crippen molar-refractivity contribution in [1.82, 2.24) is 15.5 Å². The number of hydrogen-bond acceptors (Lipinski definition) is 3. The Hall–Kier alpha value is -1.85. The van der Waals surface area contributed by atoms with Crippen molar-refractivity contribution in [3.8, 4) is 0 Å². The van der Waals surface area contributed by atoms with Crippen molar-refractivity contribution in [3.05, 3.63) is 18.0 Å². The lowest BCUT2D eigenvalue weighted by molar-refractivity contribution is -0.142. The Bertz CT molecular complexity index is 408. The molecular weight excluding hydrogens is 234 g/mol. The zero-order valence-electron chi connectivity index (χ0n) is 10.1. The first kappa shape index (κ1) is 12.6. The van der Waals surface area contributed by atoms with E-state index >= 15 is 0 Å². The maximum atomic E-state index is 11.7. The number of carbonyl (C=O) groups excluding carboxylic acids is 1. The smallest absolute Gasteiger partial charge is 0.306 e. The molecule has 6 heteroatoms. The fourth-order valence-electron chi connectivity index (χ4n) is 2.32. The Labute approximate surface area is 105 Å². The molecule has 1 amide bonds. The number of carbonyl (C=O) groups is 2. The van der Waals surface area contributed by atoms with Crippen LogP contribution in [0.15, 0.2) is 12.3 Å². The summed E-state index contributed by atoms with van der Waals surface area (Å²) in [6.45, 7) is 0. The summed E-state index contributed by atoms with van der Waals surface area (Å²) in [6, 6.07) is 1.87. The second kappa shape index (κ2) is 5.66. The number of aromatic nitrogens is 2. The number of rotatable bonds is 4. The number of nitrogens with zero attached hydrogens (tertiary/aromatic N) is 1. The molecule has 18 heavy (non-hydrogen) atoms. The quantitative estimate of drug-likeness (QED) is 0.734. The van der Waals surface area contributed by atoms with E-state index in [4.69, 9.17) is 5.11 Å². The summed E-state index contributed by atoms with van der Waals surface area (Å²) in [5.74, 6) is -1.01. The molecule has 0 bridgehead atoms. The molecule has 0 spiro atoms. The summed E-state index contributed by atoms with van der Waals surface area (Å²) in [7, 11) is 0. The van der Waals surface area contributed by atoms with Crippen LogP contribution in [0.2, 0.25) is 0 Å². The van der Waals surface area contributed by atoms with Gasteiger partial charge in [0.1, 0.15) is 0 Å². The number of nitrogens with one attached hydrogen (secondary N) is 2. The first-order valence-corrected chi connectivity index (χ1v) is 6.15. The average Bonchev–Trinajstić information content (AvgIpc) is 2.82. The Morgan fingerprint density at radius 2 is 2.11 bits per heavy atom. The summed E-state index contributed by atoms with van der Waals surface area (Å²) in [5, 5.41) is 18.3. The summed E-state index contributed by atoms with van der Waals surface area (Å²) in [5.41, 5.74) is 0.784. The van der Waals surface area contributed by atoms with Crippen molar-refractivity contribution in [2.45, 2.75) is 38.1 Å². The molecule has 0 aromatic carbocycles. The van der Waals surface area contributed by atoms with E-state index in [1.54, 1.807) is 12.3 Å². The lowest BCUT2D eigenvalue weighted by Crippen LogP contribution is -2.39. The van der Waals surface area contributed by atoms with Gasteiger partial charge < -0.3 is 10.4 Å². The molecule has 1 aliphatic rings. The molecule has 1 saturated carbocycles. The van der Waals surface area contributed by atoms with Crippen LogP contribution in [-0.4, -0.2) is 33.2 Å². The third-order valence-corrected chi connectivity index (χ3v) is 3.35. The topological polar surface area (TPSA) is 95.1 Å². The maximum absolute atomic E-state index is 11.7. The zero-order valence-corrected chi connectivity index (χ0v) is 10.1. The number of hydrogen-bond donors (Lipinski definition) is 3. The highest BCUT2D eigenvalue weighted by atomic mass is 16.4. The van der Waals surface area contributed by atoms with Crippen molar-refractivity contribution in [2.75, 3.05) is 0 Å². The number of aliphatic carboxylic acids is 1. The Kier molecular flexibility index (Phi) is 3.96.